The normalized spacial score (nSPS) is 13.3. The molecule has 0 saturated carbocycles. The molecule has 1 heterocycles. The number of carbonyl (C=O) groups excluding carboxylic acids is 3. The van der Waals surface area contributed by atoms with Gasteiger partial charge in [-0.15, -0.1) is 0 Å². The molecule has 0 saturated heterocycles. The molecule has 0 spiro atoms. The summed E-state index contributed by atoms with van der Waals surface area (Å²) < 4.78 is 0. The monoisotopic (exact) mass is 487 g/mol. The highest BCUT2D eigenvalue weighted by Gasteiger charge is 2.29. The van der Waals surface area contributed by atoms with Gasteiger partial charge in [-0.05, 0) is 24.9 Å². The van der Waals surface area contributed by atoms with E-state index in [-0.39, 0.29) is 12.8 Å². The summed E-state index contributed by atoms with van der Waals surface area (Å²) in [5.41, 5.74) is 12.8. The average Bonchev–Trinajstić information content (AvgIpc) is 3.35. The van der Waals surface area contributed by atoms with Crippen molar-refractivity contribution in [3.05, 3.63) is 54.1 Å². The van der Waals surface area contributed by atoms with Gasteiger partial charge in [0, 0.05) is 24.7 Å². The van der Waals surface area contributed by atoms with Gasteiger partial charge in [0.25, 0.3) is 0 Å². The number of aromatic nitrogens is 2. The third-order valence-electron chi connectivity index (χ3n) is 5.25. The molecule has 9 N–H and O–H groups in total. The van der Waals surface area contributed by atoms with Crippen molar-refractivity contribution in [2.45, 2.75) is 50.2 Å². The van der Waals surface area contributed by atoms with Crippen molar-refractivity contribution in [3.8, 4) is 0 Å². The Morgan fingerprint density at radius 1 is 0.971 bits per heavy atom. The quantitative estimate of drug-likeness (QED) is 0.152. The Bertz CT molecular complexity index is 952. The molecule has 190 valence electrons. The van der Waals surface area contributed by atoms with Gasteiger partial charge in [-0.1, -0.05) is 36.8 Å². The van der Waals surface area contributed by atoms with E-state index in [4.69, 9.17) is 16.6 Å². The van der Waals surface area contributed by atoms with Crippen LogP contribution in [0.5, 0.6) is 0 Å². The van der Waals surface area contributed by atoms with E-state index in [2.05, 4.69) is 25.9 Å². The second kappa shape index (κ2) is 14.5. The molecule has 0 bridgehead atoms. The summed E-state index contributed by atoms with van der Waals surface area (Å²) in [6, 6.07) is 6.16. The van der Waals surface area contributed by atoms with Crippen LogP contribution in [0.1, 0.15) is 30.5 Å². The molecule has 0 aliphatic rings. The Morgan fingerprint density at radius 3 is 2.29 bits per heavy atom. The van der Waals surface area contributed by atoms with Crippen LogP contribution in [0, 0.1) is 0 Å². The maximum Gasteiger partial charge on any atom is 0.322 e. The van der Waals surface area contributed by atoms with Gasteiger partial charge in [0.05, 0.1) is 12.4 Å². The molecule has 1 aromatic carbocycles. The standard InChI is InChI=1S/C23H33N7O5/c24-9-5-4-8-17(25)21(33)29-18(10-15-6-2-1-3-7-15)23(35)30-19(11-16-12-26-14-28-16)22(34)27-13-20(31)32/h1-3,6-7,12,14,17-19H,4-5,8-11,13,24-25H2,(H,26,28)(H,27,34)(H,29,33)(H,30,35)(H,31,32). The van der Waals surface area contributed by atoms with E-state index in [1.54, 1.807) is 0 Å². The van der Waals surface area contributed by atoms with Crippen LogP contribution in [0.25, 0.3) is 0 Å². The van der Waals surface area contributed by atoms with E-state index < -0.39 is 48.4 Å². The van der Waals surface area contributed by atoms with E-state index in [0.29, 0.717) is 25.1 Å². The number of hydrogen-bond donors (Lipinski definition) is 7. The first-order chi connectivity index (χ1) is 16.8. The molecule has 0 aliphatic heterocycles. The fourth-order valence-corrected chi connectivity index (χ4v) is 3.36. The van der Waals surface area contributed by atoms with Gasteiger partial charge in [0.15, 0.2) is 0 Å². The number of H-pyrrole nitrogens is 1. The number of nitrogens with two attached hydrogens (primary N) is 2. The SMILES string of the molecule is NCCCCC(N)C(=O)NC(Cc1ccccc1)C(=O)NC(Cc1cnc[nH]1)C(=O)NCC(=O)O. The topological polar surface area (TPSA) is 205 Å². The van der Waals surface area contributed by atoms with Gasteiger partial charge < -0.3 is 37.5 Å². The Morgan fingerprint density at radius 2 is 1.66 bits per heavy atom. The Kier molecular flexibility index (Phi) is 11.4. The van der Waals surface area contributed by atoms with Crippen LogP contribution in [0.15, 0.2) is 42.9 Å². The molecule has 3 amide bonds. The zero-order chi connectivity index (χ0) is 25.6. The fraction of sp³-hybridized carbons (Fsp3) is 0.435. The van der Waals surface area contributed by atoms with Gasteiger partial charge in [0.2, 0.25) is 17.7 Å². The third kappa shape index (κ3) is 9.94. The first-order valence-electron chi connectivity index (χ1n) is 11.4. The van der Waals surface area contributed by atoms with Gasteiger partial charge in [-0.3, -0.25) is 19.2 Å². The second-order valence-electron chi connectivity index (χ2n) is 8.10. The number of nitrogens with one attached hydrogen (secondary N) is 4. The van der Waals surface area contributed by atoms with Crippen molar-refractivity contribution in [1.29, 1.82) is 0 Å². The van der Waals surface area contributed by atoms with Crippen LogP contribution in [-0.4, -0.2) is 70.0 Å². The number of nitrogens with zero attached hydrogens (tertiary/aromatic N) is 1. The molecule has 12 nitrogen and oxygen atoms in total. The fourth-order valence-electron chi connectivity index (χ4n) is 3.36. The zero-order valence-electron chi connectivity index (χ0n) is 19.4. The predicted molar refractivity (Wildman–Crippen MR) is 128 cm³/mol. The molecule has 12 heteroatoms. The molecular weight excluding hydrogens is 454 g/mol. The zero-order valence-corrected chi connectivity index (χ0v) is 19.4. The lowest BCUT2D eigenvalue weighted by atomic mass is 10.0. The van der Waals surface area contributed by atoms with Crippen LogP contribution < -0.4 is 27.4 Å². The molecule has 2 aromatic rings. The summed E-state index contributed by atoms with van der Waals surface area (Å²) in [6.07, 6.45) is 4.96. The number of benzene rings is 1. The molecular formula is C23H33N7O5. The van der Waals surface area contributed by atoms with Crippen LogP contribution in [0.4, 0.5) is 0 Å². The first kappa shape index (κ1) is 27.5. The van der Waals surface area contributed by atoms with E-state index in [1.807, 2.05) is 30.3 Å². The maximum absolute atomic E-state index is 13.2. The molecule has 3 atom stereocenters. The summed E-state index contributed by atoms with van der Waals surface area (Å²) in [4.78, 5) is 56.2. The summed E-state index contributed by atoms with van der Waals surface area (Å²) in [6.45, 7) is -0.106. The number of carbonyl (C=O) groups is 4. The minimum atomic E-state index is -1.22. The van der Waals surface area contributed by atoms with Crippen molar-refractivity contribution < 1.29 is 24.3 Å². The number of amides is 3. The molecule has 3 unspecified atom stereocenters. The number of carboxylic acid groups (broad SMARTS) is 1. The number of rotatable bonds is 15. The van der Waals surface area contributed by atoms with Crippen molar-refractivity contribution >= 4 is 23.7 Å². The summed E-state index contributed by atoms with van der Waals surface area (Å²) in [5, 5.41) is 16.5. The molecule has 1 aromatic heterocycles. The van der Waals surface area contributed by atoms with Crippen molar-refractivity contribution in [2.75, 3.05) is 13.1 Å². The van der Waals surface area contributed by atoms with Crippen molar-refractivity contribution in [2.24, 2.45) is 11.5 Å². The predicted octanol–water partition coefficient (Wildman–Crippen LogP) is -1.18. The second-order valence-corrected chi connectivity index (χ2v) is 8.10. The lowest BCUT2D eigenvalue weighted by Gasteiger charge is -2.24. The maximum atomic E-state index is 13.2. The Labute approximate surface area is 203 Å². The lowest BCUT2D eigenvalue weighted by molar-refractivity contribution is -0.138. The van der Waals surface area contributed by atoms with Gasteiger partial charge in [0.1, 0.15) is 18.6 Å². The number of unbranched alkanes of at least 4 members (excludes halogenated alkanes) is 1. The van der Waals surface area contributed by atoms with Crippen LogP contribution >= 0.6 is 0 Å². The largest absolute Gasteiger partial charge is 0.480 e. The number of imidazole rings is 1. The highest BCUT2D eigenvalue weighted by atomic mass is 16.4. The van der Waals surface area contributed by atoms with Gasteiger partial charge in [-0.25, -0.2) is 4.98 Å². The molecule has 0 aliphatic carbocycles. The van der Waals surface area contributed by atoms with Gasteiger partial charge in [-0.2, -0.15) is 0 Å². The van der Waals surface area contributed by atoms with E-state index in [1.165, 1.54) is 12.5 Å². The first-order valence-corrected chi connectivity index (χ1v) is 11.4. The number of carboxylic acids is 1. The molecule has 0 fully saturated rings. The minimum Gasteiger partial charge on any atom is -0.480 e. The highest BCUT2D eigenvalue weighted by molar-refractivity contribution is 5.94. The minimum absolute atomic E-state index is 0.0435. The van der Waals surface area contributed by atoms with E-state index in [0.717, 1.165) is 12.0 Å². The summed E-state index contributed by atoms with van der Waals surface area (Å²) in [7, 11) is 0. The van der Waals surface area contributed by atoms with Crippen molar-refractivity contribution in [3.63, 3.8) is 0 Å². The van der Waals surface area contributed by atoms with Gasteiger partial charge >= 0.3 is 5.97 Å². The molecule has 2 rings (SSSR count). The van der Waals surface area contributed by atoms with E-state index in [9.17, 15) is 19.2 Å². The summed E-state index contributed by atoms with van der Waals surface area (Å²) in [5.74, 6) is -2.99. The average molecular weight is 488 g/mol. The Balaban J connectivity index is 2.16. The number of hydrogen-bond acceptors (Lipinski definition) is 7. The molecule has 35 heavy (non-hydrogen) atoms. The molecule has 0 radical (unpaired) electrons. The summed E-state index contributed by atoms with van der Waals surface area (Å²) >= 11 is 0. The number of aliphatic carboxylic acids is 1. The lowest BCUT2D eigenvalue weighted by Crippen LogP contribution is -2.57. The van der Waals surface area contributed by atoms with Crippen LogP contribution in [0.3, 0.4) is 0 Å². The number of aromatic amines is 1. The third-order valence-corrected chi connectivity index (χ3v) is 5.25. The smallest absolute Gasteiger partial charge is 0.322 e. The Hall–Kier alpha value is -3.77. The van der Waals surface area contributed by atoms with Crippen LogP contribution in [0.2, 0.25) is 0 Å². The van der Waals surface area contributed by atoms with Crippen LogP contribution in [-0.2, 0) is 32.0 Å². The van der Waals surface area contributed by atoms with Crippen molar-refractivity contribution in [1.82, 2.24) is 25.9 Å². The highest BCUT2D eigenvalue weighted by Crippen LogP contribution is 2.07. The van der Waals surface area contributed by atoms with E-state index >= 15 is 0 Å².